The van der Waals surface area contributed by atoms with Crippen LogP contribution in [0.5, 0.6) is 17.2 Å². The molecule has 0 aliphatic rings. The summed E-state index contributed by atoms with van der Waals surface area (Å²) in [5.41, 5.74) is 0. The van der Waals surface area contributed by atoms with Gasteiger partial charge in [0.05, 0.1) is 12.1 Å². The Hall–Kier alpha value is -1.74. The number of ether oxygens (including phenoxy) is 2. The predicted molar refractivity (Wildman–Crippen MR) is 64.5 cm³/mol. The minimum Gasteiger partial charge on any atom is -0.497 e. The highest BCUT2D eigenvalue weighted by Gasteiger charge is 2.05. The lowest BCUT2D eigenvalue weighted by molar-refractivity contribution is 0.409. The smallest absolute Gasteiger partial charge is 0.146 e. The van der Waals surface area contributed by atoms with E-state index in [0.29, 0.717) is 17.2 Å². The van der Waals surface area contributed by atoms with Crippen LogP contribution in [0.1, 0.15) is 0 Å². The highest BCUT2D eigenvalue weighted by Crippen LogP contribution is 2.31. The van der Waals surface area contributed by atoms with Crippen molar-refractivity contribution in [1.29, 1.82) is 0 Å². The average Bonchev–Trinajstić information content (AvgIpc) is 2.33. The molecule has 0 heterocycles. The molecule has 0 unspecified atom stereocenters. The van der Waals surface area contributed by atoms with E-state index < -0.39 is 5.82 Å². The third kappa shape index (κ3) is 2.88. The lowest BCUT2D eigenvalue weighted by Gasteiger charge is -2.08. The summed E-state index contributed by atoms with van der Waals surface area (Å²) < 4.78 is 23.4. The van der Waals surface area contributed by atoms with Gasteiger partial charge in [-0.2, -0.15) is 0 Å². The molecule has 2 aromatic rings. The lowest BCUT2D eigenvalue weighted by Crippen LogP contribution is -1.88. The fraction of sp³-hybridized carbons (Fsp3) is 0.0769. The maximum Gasteiger partial charge on any atom is 0.146 e. The number of methoxy groups -OCH3 is 1. The summed E-state index contributed by atoms with van der Waals surface area (Å²) in [5, 5.41) is 0.229. The standard InChI is InChI=1S/C13H10ClFO2/c1-16-10-3-2-4-11(8-10)17-13-6-5-9(15)7-12(13)14/h2-8H,1H3. The van der Waals surface area contributed by atoms with Crippen molar-refractivity contribution in [2.45, 2.75) is 0 Å². The van der Waals surface area contributed by atoms with Gasteiger partial charge < -0.3 is 9.47 Å². The van der Waals surface area contributed by atoms with Crippen LogP contribution in [0.15, 0.2) is 42.5 Å². The molecule has 0 bridgehead atoms. The molecule has 2 nitrogen and oxygen atoms in total. The first-order chi connectivity index (χ1) is 8.19. The molecule has 0 saturated heterocycles. The van der Waals surface area contributed by atoms with Crippen molar-refractivity contribution < 1.29 is 13.9 Å². The van der Waals surface area contributed by atoms with E-state index in [4.69, 9.17) is 21.1 Å². The Balaban J connectivity index is 2.25. The fourth-order valence-corrected chi connectivity index (χ4v) is 1.56. The van der Waals surface area contributed by atoms with Crippen LogP contribution in [0.4, 0.5) is 4.39 Å². The van der Waals surface area contributed by atoms with Crippen molar-refractivity contribution >= 4 is 11.6 Å². The number of hydrogen-bond donors (Lipinski definition) is 0. The van der Waals surface area contributed by atoms with Gasteiger partial charge in [-0.3, -0.25) is 0 Å². The van der Waals surface area contributed by atoms with E-state index in [1.807, 2.05) is 0 Å². The molecule has 2 aromatic carbocycles. The van der Waals surface area contributed by atoms with Crippen LogP contribution in [-0.4, -0.2) is 7.11 Å². The average molecular weight is 253 g/mol. The number of halogens is 2. The van der Waals surface area contributed by atoms with Gasteiger partial charge in [0.25, 0.3) is 0 Å². The van der Waals surface area contributed by atoms with Crippen molar-refractivity contribution in [1.82, 2.24) is 0 Å². The first-order valence-electron chi connectivity index (χ1n) is 4.96. The topological polar surface area (TPSA) is 18.5 Å². The van der Waals surface area contributed by atoms with E-state index in [2.05, 4.69) is 0 Å². The summed E-state index contributed by atoms with van der Waals surface area (Å²) >= 11 is 5.86. The third-order valence-corrected chi connectivity index (χ3v) is 2.46. The van der Waals surface area contributed by atoms with Gasteiger partial charge in [-0.1, -0.05) is 17.7 Å². The molecular weight excluding hydrogens is 243 g/mol. The van der Waals surface area contributed by atoms with Crippen LogP contribution in [0.25, 0.3) is 0 Å². The summed E-state index contributed by atoms with van der Waals surface area (Å²) in [6.45, 7) is 0. The normalized spacial score (nSPS) is 10.1. The zero-order valence-electron chi connectivity index (χ0n) is 9.11. The van der Waals surface area contributed by atoms with Crippen molar-refractivity contribution in [2.75, 3.05) is 7.11 Å². The second-order valence-electron chi connectivity index (χ2n) is 3.36. The van der Waals surface area contributed by atoms with E-state index in [9.17, 15) is 4.39 Å². The van der Waals surface area contributed by atoms with Crippen LogP contribution in [0.2, 0.25) is 5.02 Å². The van der Waals surface area contributed by atoms with Gasteiger partial charge in [-0.05, 0) is 30.3 Å². The molecule has 0 aliphatic heterocycles. The summed E-state index contributed by atoms with van der Waals surface area (Å²) in [6.07, 6.45) is 0. The largest absolute Gasteiger partial charge is 0.497 e. The zero-order chi connectivity index (χ0) is 12.3. The van der Waals surface area contributed by atoms with E-state index in [0.717, 1.165) is 0 Å². The maximum atomic E-state index is 12.8. The molecule has 0 radical (unpaired) electrons. The molecular formula is C13H10ClFO2. The highest BCUT2D eigenvalue weighted by molar-refractivity contribution is 6.32. The molecule has 0 N–H and O–H groups in total. The summed E-state index contributed by atoms with van der Waals surface area (Å²) in [7, 11) is 1.57. The Morgan fingerprint density at radius 2 is 1.82 bits per heavy atom. The van der Waals surface area contributed by atoms with Gasteiger partial charge >= 0.3 is 0 Å². The van der Waals surface area contributed by atoms with Crippen molar-refractivity contribution in [3.8, 4) is 17.2 Å². The van der Waals surface area contributed by atoms with E-state index >= 15 is 0 Å². The molecule has 0 spiro atoms. The van der Waals surface area contributed by atoms with Gasteiger partial charge in [0.1, 0.15) is 23.1 Å². The van der Waals surface area contributed by atoms with Gasteiger partial charge in [0, 0.05) is 6.07 Å². The number of hydrogen-bond acceptors (Lipinski definition) is 2. The van der Waals surface area contributed by atoms with Crippen LogP contribution in [0, 0.1) is 5.82 Å². The molecule has 0 aromatic heterocycles. The number of benzene rings is 2. The summed E-state index contributed by atoms with van der Waals surface area (Å²) in [4.78, 5) is 0. The van der Waals surface area contributed by atoms with Crippen LogP contribution in [0.3, 0.4) is 0 Å². The molecule has 4 heteroatoms. The fourth-order valence-electron chi connectivity index (χ4n) is 1.35. The van der Waals surface area contributed by atoms with Crippen molar-refractivity contribution in [2.24, 2.45) is 0 Å². The SMILES string of the molecule is COc1cccc(Oc2ccc(F)cc2Cl)c1. The van der Waals surface area contributed by atoms with Gasteiger partial charge in [0.2, 0.25) is 0 Å². The Bertz CT molecular complexity index is 529. The summed E-state index contributed by atoms with van der Waals surface area (Å²) in [6, 6.07) is 11.1. The highest BCUT2D eigenvalue weighted by atomic mass is 35.5. The first-order valence-corrected chi connectivity index (χ1v) is 5.34. The molecule has 0 amide bonds. The van der Waals surface area contributed by atoms with E-state index in [-0.39, 0.29) is 5.02 Å². The Kier molecular flexibility index (Phi) is 3.49. The third-order valence-electron chi connectivity index (χ3n) is 2.16. The molecule has 0 fully saturated rings. The minimum absolute atomic E-state index is 0.229. The Morgan fingerprint density at radius 3 is 2.53 bits per heavy atom. The summed E-state index contributed by atoms with van der Waals surface area (Å²) in [5.74, 6) is 1.27. The second kappa shape index (κ2) is 5.06. The van der Waals surface area contributed by atoms with E-state index in [1.165, 1.54) is 18.2 Å². The molecule has 88 valence electrons. The first kappa shape index (κ1) is 11.7. The lowest BCUT2D eigenvalue weighted by atomic mass is 10.3. The quantitative estimate of drug-likeness (QED) is 0.812. The van der Waals surface area contributed by atoms with Crippen LogP contribution in [-0.2, 0) is 0 Å². The molecule has 2 rings (SSSR count). The molecule has 0 aliphatic carbocycles. The van der Waals surface area contributed by atoms with Gasteiger partial charge in [-0.25, -0.2) is 4.39 Å². The monoisotopic (exact) mass is 252 g/mol. The van der Waals surface area contributed by atoms with E-state index in [1.54, 1.807) is 31.4 Å². The minimum atomic E-state index is -0.395. The predicted octanol–water partition coefficient (Wildman–Crippen LogP) is 4.28. The van der Waals surface area contributed by atoms with Gasteiger partial charge in [0.15, 0.2) is 0 Å². The Morgan fingerprint density at radius 1 is 1.06 bits per heavy atom. The van der Waals surface area contributed by atoms with Crippen molar-refractivity contribution in [3.63, 3.8) is 0 Å². The Labute approximate surface area is 104 Å². The molecule has 17 heavy (non-hydrogen) atoms. The molecule has 0 saturated carbocycles. The van der Waals surface area contributed by atoms with Crippen molar-refractivity contribution in [3.05, 3.63) is 53.3 Å². The van der Waals surface area contributed by atoms with Crippen LogP contribution >= 0.6 is 11.6 Å². The second-order valence-corrected chi connectivity index (χ2v) is 3.76. The van der Waals surface area contributed by atoms with Gasteiger partial charge in [-0.15, -0.1) is 0 Å². The number of rotatable bonds is 3. The zero-order valence-corrected chi connectivity index (χ0v) is 9.87. The molecule has 0 atom stereocenters. The van der Waals surface area contributed by atoms with Crippen LogP contribution < -0.4 is 9.47 Å². The maximum absolute atomic E-state index is 12.8.